The Morgan fingerprint density at radius 2 is 1.84 bits per heavy atom. The Bertz CT molecular complexity index is 484. The van der Waals surface area contributed by atoms with E-state index in [0.717, 1.165) is 19.5 Å². The molecule has 1 aromatic rings. The molecule has 5 heteroatoms. The highest BCUT2D eigenvalue weighted by Gasteiger charge is 2.26. The van der Waals surface area contributed by atoms with Crippen LogP contribution in [-0.2, 0) is 0 Å². The summed E-state index contributed by atoms with van der Waals surface area (Å²) < 4.78 is 0. The Morgan fingerprint density at radius 3 is 2.32 bits per heavy atom. The number of hydrogen-bond donors (Lipinski definition) is 1. The molecule has 102 valence electrons. The minimum absolute atomic E-state index is 0.0581. The van der Waals surface area contributed by atoms with Crippen molar-refractivity contribution in [2.45, 2.75) is 12.5 Å². The van der Waals surface area contributed by atoms with Gasteiger partial charge in [0, 0.05) is 25.2 Å². The maximum Gasteiger partial charge on any atom is 0.335 e. The van der Waals surface area contributed by atoms with Crippen molar-refractivity contribution in [3.05, 3.63) is 35.4 Å². The minimum atomic E-state index is -0.982. The van der Waals surface area contributed by atoms with Gasteiger partial charge in [0.25, 0.3) is 5.91 Å². The van der Waals surface area contributed by atoms with E-state index in [2.05, 4.69) is 4.90 Å². The zero-order valence-electron chi connectivity index (χ0n) is 11.2. The summed E-state index contributed by atoms with van der Waals surface area (Å²) in [5, 5.41) is 8.82. The molecule has 2 rings (SSSR count). The van der Waals surface area contributed by atoms with Gasteiger partial charge in [-0.25, -0.2) is 4.79 Å². The Balaban J connectivity index is 2.08. The van der Waals surface area contributed by atoms with E-state index in [1.165, 1.54) is 12.1 Å². The quantitative estimate of drug-likeness (QED) is 0.888. The number of aromatic carboxylic acids is 1. The molecule has 1 aromatic carbocycles. The van der Waals surface area contributed by atoms with Crippen LogP contribution in [0.5, 0.6) is 0 Å². The number of hydrogen-bond acceptors (Lipinski definition) is 3. The zero-order valence-corrected chi connectivity index (χ0v) is 11.2. The van der Waals surface area contributed by atoms with E-state index < -0.39 is 5.97 Å². The van der Waals surface area contributed by atoms with Gasteiger partial charge in [-0.3, -0.25) is 4.79 Å². The Morgan fingerprint density at radius 1 is 1.26 bits per heavy atom. The van der Waals surface area contributed by atoms with Crippen molar-refractivity contribution in [3.8, 4) is 0 Å². The smallest absolute Gasteiger partial charge is 0.335 e. The van der Waals surface area contributed by atoms with Crippen LogP contribution < -0.4 is 0 Å². The van der Waals surface area contributed by atoms with E-state index in [1.54, 1.807) is 24.1 Å². The second kappa shape index (κ2) is 5.40. The molecule has 5 nitrogen and oxygen atoms in total. The molecule has 0 aliphatic carbocycles. The molecule has 0 saturated carbocycles. The van der Waals surface area contributed by atoms with E-state index in [1.807, 2.05) is 7.05 Å². The fraction of sp³-hybridized carbons (Fsp3) is 0.429. The average molecular weight is 262 g/mol. The van der Waals surface area contributed by atoms with Crippen molar-refractivity contribution in [2.75, 3.05) is 27.2 Å². The lowest BCUT2D eigenvalue weighted by atomic mass is 10.1. The van der Waals surface area contributed by atoms with Gasteiger partial charge in [0.05, 0.1) is 5.56 Å². The van der Waals surface area contributed by atoms with Crippen LogP contribution in [0.2, 0.25) is 0 Å². The SMILES string of the molecule is CN1CCC(N(C)C(=O)c2ccc(C(=O)O)cc2)C1. The number of rotatable bonds is 3. The van der Waals surface area contributed by atoms with Gasteiger partial charge < -0.3 is 14.9 Å². The number of amides is 1. The first-order valence-corrected chi connectivity index (χ1v) is 6.28. The van der Waals surface area contributed by atoms with Gasteiger partial charge in [0.15, 0.2) is 0 Å². The fourth-order valence-corrected chi connectivity index (χ4v) is 2.35. The molecule has 0 radical (unpaired) electrons. The number of likely N-dealkylation sites (tertiary alicyclic amines) is 1. The molecule has 0 aromatic heterocycles. The third kappa shape index (κ3) is 2.93. The van der Waals surface area contributed by atoms with Gasteiger partial charge in [-0.05, 0) is 44.3 Å². The molecule has 1 aliphatic rings. The van der Waals surface area contributed by atoms with Crippen LogP contribution in [0.4, 0.5) is 0 Å². The summed E-state index contributed by atoms with van der Waals surface area (Å²) in [6, 6.07) is 6.30. The molecule has 19 heavy (non-hydrogen) atoms. The Kier molecular flexibility index (Phi) is 3.85. The summed E-state index contributed by atoms with van der Waals surface area (Å²) in [4.78, 5) is 27.0. The number of carboxylic acid groups (broad SMARTS) is 1. The molecule has 1 atom stereocenters. The van der Waals surface area contributed by atoms with E-state index in [4.69, 9.17) is 5.11 Å². The first-order chi connectivity index (χ1) is 8.99. The first kappa shape index (κ1) is 13.5. The van der Waals surface area contributed by atoms with Gasteiger partial charge in [0.2, 0.25) is 0 Å². The van der Waals surface area contributed by atoms with Crippen molar-refractivity contribution in [1.29, 1.82) is 0 Å². The minimum Gasteiger partial charge on any atom is -0.478 e. The number of likely N-dealkylation sites (N-methyl/N-ethyl adjacent to an activating group) is 2. The lowest BCUT2D eigenvalue weighted by Gasteiger charge is -2.24. The van der Waals surface area contributed by atoms with Crippen LogP contribution >= 0.6 is 0 Å². The van der Waals surface area contributed by atoms with Crippen LogP contribution in [0.15, 0.2) is 24.3 Å². The van der Waals surface area contributed by atoms with Crippen molar-refractivity contribution < 1.29 is 14.7 Å². The van der Waals surface area contributed by atoms with Crippen LogP contribution in [0, 0.1) is 0 Å². The molecule has 0 bridgehead atoms. The largest absolute Gasteiger partial charge is 0.478 e. The zero-order chi connectivity index (χ0) is 14.0. The summed E-state index contributed by atoms with van der Waals surface area (Å²) in [5.41, 5.74) is 0.724. The monoisotopic (exact) mass is 262 g/mol. The van der Waals surface area contributed by atoms with Crippen LogP contribution in [0.25, 0.3) is 0 Å². The highest BCUT2D eigenvalue weighted by Crippen LogP contribution is 2.15. The number of nitrogens with zero attached hydrogens (tertiary/aromatic N) is 2. The van der Waals surface area contributed by atoms with E-state index in [-0.39, 0.29) is 17.5 Å². The Hall–Kier alpha value is -1.88. The topological polar surface area (TPSA) is 60.9 Å². The highest BCUT2D eigenvalue weighted by atomic mass is 16.4. The summed E-state index contributed by atoms with van der Waals surface area (Å²) in [6.45, 7) is 1.88. The molecular formula is C14H18N2O3. The van der Waals surface area contributed by atoms with Crippen molar-refractivity contribution in [3.63, 3.8) is 0 Å². The van der Waals surface area contributed by atoms with Crippen LogP contribution in [-0.4, -0.2) is 60.0 Å². The molecule has 1 amide bonds. The van der Waals surface area contributed by atoms with Crippen LogP contribution in [0.3, 0.4) is 0 Å². The highest BCUT2D eigenvalue weighted by molar-refractivity contribution is 5.96. The molecule has 1 heterocycles. The maximum atomic E-state index is 12.3. The van der Waals surface area contributed by atoms with Gasteiger partial charge in [0.1, 0.15) is 0 Å². The van der Waals surface area contributed by atoms with Crippen LogP contribution in [0.1, 0.15) is 27.1 Å². The summed E-state index contributed by atoms with van der Waals surface area (Å²) in [7, 11) is 3.84. The van der Waals surface area contributed by atoms with E-state index >= 15 is 0 Å². The van der Waals surface area contributed by atoms with E-state index in [9.17, 15) is 9.59 Å². The molecular weight excluding hydrogens is 244 g/mol. The summed E-state index contributed by atoms with van der Waals surface area (Å²) >= 11 is 0. The van der Waals surface area contributed by atoms with Gasteiger partial charge >= 0.3 is 5.97 Å². The fourth-order valence-electron chi connectivity index (χ4n) is 2.35. The summed E-state index contributed by atoms with van der Waals surface area (Å²) in [6.07, 6.45) is 0.978. The van der Waals surface area contributed by atoms with Gasteiger partial charge in [-0.15, -0.1) is 0 Å². The lowest BCUT2D eigenvalue weighted by Crippen LogP contribution is -2.38. The molecule has 0 spiro atoms. The number of carbonyl (C=O) groups excluding carboxylic acids is 1. The predicted octanol–water partition coefficient (Wildman–Crippen LogP) is 1.16. The number of carboxylic acids is 1. The lowest BCUT2D eigenvalue weighted by molar-refractivity contribution is 0.0692. The average Bonchev–Trinajstić information content (AvgIpc) is 2.84. The summed E-state index contributed by atoms with van der Waals surface area (Å²) in [5.74, 6) is -1.04. The van der Waals surface area contributed by atoms with E-state index in [0.29, 0.717) is 5.56 Å². The molecule has 1 fully saturated rings. The standard InChI is InChI=1S/C14H18N2O3/c1-15-8-7-12(9-15)16(2)13(17)10-3-5-11(6-4-10)14(18)19/h3-6,12H,7-9H2,1-2H3,(H,18,19). The maximum absolute atomic E-state index is 12.3. The molecule has 1 N–H and O–H groups in total. The Labute approximate surface area is 112 Å². The third-order valence-corrected chi connectivity index (χ3v) is 3.61. The van der Waals surface area contributed by atoms with Gasteiger partial charge in [-0.2, -0.15) is 0 Å². The number of benzene rings is 1. The molecule has 1 aliphatic heterocycles. The normalized spacial score (nSPS) is 19.4. The predicted molar refractivity (Wildman–Crippen MR) is 71.4 cm³/mol. The molecule has 1 saturated heterocycles. The van der Waals surface area contributed by atoms with Crippen molar-refractivity contribution >= 4 is 11.9 Å². The number of carbonyl (C=O) groups is 2. The molecule has 1 unspecified atom stereocenters. The van der Waals surface area contributed by atoms with Crippen molar-refractivity contribution in [1.82, 2.24) is 9.80 Å². The first-order valence-electron chi connectivity index (χ1n) is 6.28. The second-order valence-corrected chi connectivity index (χ2v) is 5.00. The van der Waals surface area contributed by atoms with Crippen molar-refractivity contribution in [2.24, 2.45) is 0 Å². The van der Waals surface area contributed by atoms with Gasteiger partial charge in [-0.1, -0.05) is 0 Å². The third-order valence-electron chi connectivity index (χ3n) is 3.61. The second-order valence-electron chi connectivity index (χ2n) is 5.00.